The Bertz CT molecular complexity index is 485. The van der Waals surface area contributed by atoms with Crippen LogP contribution in [0, 0.1) is 0 Å². The third-order valence-electron chi connectivity index (χ3n) is 2.16. The van der Waals surface area contributed by atoms with Gasteiger partial charge in [-0.15, -0.1) is 21.5 Å². The summed E-state index contributed by atoms with van der Waals surface area (Å²) in [4.78, 5) is 0.947. The molecule has 0 aliphatic carbocycles. The van der Waals surface area contributed by atoms with Crippen LogP contribution in [-0.2, 0) is 4.74 Å². The summed E-state index contributed by atoms with van der Waals surface area (Å²) in [5, 5.41) is 20.1. The third kappa shape index (κ3) is 4.61. The van der Waals surface area contributed by atoms with E-state index in [0.717, 1.165) is 4.88 Å². The second kappa shape index (κ2) is 7.04. The molecular formula is C12H16N2O3S2. The molecule has 2 aromatic heterocycles. The molecule has 0 aliphatic heterocycles. The molecule has 0 aliphatic rings. The summed E-state index contributed by atoms with van der Waals surface area (Å²) in [5.41, 5.74) is 0. The van der Waals surface area contributed by atoms with Crippen molar-refractivity contribution >= 4 is 23.1 Å². The highest BCUT2D eigenvalue weighted by molar-refractivity contribution is 7.99. The first kappa shape index (κ1) is 14.5. The van der Waals surface area contributed by atoms with E-state index in [4.69, 9.17) is 9.15 Å². The number of ether oxygens (including phenoxy) is 1. The summed E-state index contributed by atoms with van der Waals surface area (Å²) in [6, 6.07) is 3.86. The fourth-order valence-electron chi connectivity index (χ4n) is 1.29. The number of thioether (sulfide) groups is 1. The van der Waals surface area contributed by atoms with Crippen molar-refractivity contribution in [1.29, 1.82) is 0 Å². The van der Waals surface area contributed by atoms with Gasteiger partial charge in [-0.05, 0) is 25.3 Å². The first-order valence-corrected chi connectivity index (χ1v) is 7.81. The van der Waals surface area contributed by atoms with Crippen molar-refractivity contribution in [1.82, 2.24) is 10.2 Å². The molecule has 0 radical (unpaired) electrons. The maximum Gasteiger partial charge on any atom is 0.276 e. The monoisotopic (exact) mass is 300 g/mol. The molecule has 1 atom stereocenters. The minimum atomic E-state index is -0.538. The van der Waals surface area contributed by atoms with E-state index in [1.165, 1.54) is 11.8 Å². The topological polar surface area (TPSA) is 68.4 Å². The highest BCUT2D eigenvalue weighted by atomic mass is 32.2. The number of rotatable bonds is 7. The van der Waals surface area contributed by atoms with Crippen molar-refractivity contribution in [2.75, 3.05) is 12.4 Å². The van der Waals surface area contributed by atoms with Crippen LogP contribution in [0.15, 0.2) is 27.2 Å². The summed E-state index contributed by atoms with van der Waals surface area (Å²) >= 11 is 2.88. The molecule has 19 heavy (non-hydrogen) atoms. The van der Waals surface area contributed by atoms with E-state index < -0.39 is 6.10 Å². The zero-order chi connectivity index (χ0) is 13.7. The Balaban J connectivity index is 1.80. The minimum Gasteiger partial charge on any atom is -0.410 e. The maximum atomic E-state index is 9.72. The Kier molecular flexibility index (Phi) is 5.38. The van der Waals surface area contributed by atoms with E-state index in [2.05, 4.69) is 10.2 Å². The third-order valence-corrected chi connectivity index (χ3v) is 3.98. The second-order valence-corrected chi connectivity index (χ2v) is 6.12. The molecule has 0 spiro atoms. The lowest BCUT2D eigenvalue weighted by Gasteiger charge is -2.11. The zero-order valence-corrected chi connectivity index (χ0v) is 12.4. The van der Waals surface area contributed by atoms with Gasteiger partial charge in [-0.25, -0.2) is 0 Å². The largest absolute Gasteiger partial charge is 0.410 e. The minimum absolute atomic E-state index is 0.119. The van der Waals surface area contributed by atoms with Gasteiger partial charge >= 0.3 is 0 Å². The number of aromatic nitrogens is 2. The quantitative estimate of drug-likeness (QED) is 0.793. The number of hydrogen-bond acceptors (Lipinski definition) is 7. The number of thiophene rings is 1. The van der Waals surface area contributed by atoms with Gasteiger partial charge in [-0.3, -0.25) is 0 Å². The van der Waals surface area contributed by atoms with E-state index >= 15 is 0 Å². The predicted molar refractivity (Wildman–Crippen MR) is 75.4 cm³/mol. The molecule has 2 heterocycles. The van der Waals surface area contributed by atoms with Crippen molar-refractivity contribution in [2.24, 2.45) is 0 Å². The predicted octanol–water partition coefficient (Wildman–Crippen LogP) is 2.68. The van der Waals surface area contributed by atoms with Crippen LogP contribution >= 0.6 is 23.1 Å². The van der Waals surface area contributed by atoms with Crippen molar-refractivity contribution in [3.8, 4) is 10.8 Å². The molecule has 0 fully saturated rings. The number of hydrogen-bond donors (Lipinski definition) is 1. The van der Waals surface area contributed by atoms with Gasteiger partial charge in [0.1, 0.15) is 0 Å². The maximum absolute atomic E-state index is 9.72. The van der Waals surface area contributed by atoms with Crippen LogP contribution in [0.3, 0.4) is 0 Å². The van der Waals surface area contributed by atoms with Crippen LogP contribution in [-0.4, -0.2) is 39.9 Å². The van der Waals surface area contributed by atoms with E-state index in [-0.39, 0.29) is 6.10 Å². The Hall–Kier alpha value is -0.890. The van der Waals surface area contributed by atoms with Gasteiger partial charge in [0.25, 0.3) is 11.1 Å². The van der Waals surface area contributed by atoms with Crippen LogP contribution in [0.25, 0.3) is 10.8 Å². The van der Waals surface area contributed by atoms with Gasteiger partial charge in [0.2, 0.25) is 0 Å². The zero-order valence-electron chi connectivity index (χ0n) is 10.8. The fraction of sp³-hybridized carbons (Fsp3) is 0.500. The molecule has 0 amide bonds. The standard InChI is InChI=1S/C12H16N2O3S2/c1-8(2)16-6-9(15)7-19-12-14-13-11(17-12)10-4-3-5-18-10/h3-5,8-9,15H,6-7H2,1-2H3. The molecule has 0 saturated heterocycles. The molecule has 0 aromatic carbocycles. The van der Waals surface area contributed by atoms with Gasteiger partial charge in [0, 0.05) is 5.75 Å². The smallest absolute Gasteiger partial charge is 0.276 e. The van der Waals surface area contributed by atoms with E-state index in [0.29, 0.717) is 23.5 Å². The Morgan fingerprint density at radius 2 is 2.32 bits per heavy atom. The number of nitrogens with zero attached hydrogens (tertiary/aromatic N) is 2. The van der Waals surface area contributed by atoms with Gasteiger partial charge in [-0.2, -0.15) is 0 Å². The Morgan fingerprint density at radius 3 is 3.00 bits per heavy atom. The number of aliphatic hydroxyl groups excluding tert-OH is 1. The van der Waals surface area contributed by atoms with Gasteiger partial charge < -0.3 is 14.3 Å². The van der Waals surface area contributed by atoms with Gasteiger partial charge in [0.05, 0.1) is 23.7 Å². The number of aliphatic hydroxyl groups is 1. The van der Waals surface area contributed by atoms with Crippen LogP contribution in [0.4, 0.5) is 0 Å². The first-order valence-electron chi connectivity index (χ1n) is 5.95. The lowest BCUT2D eigenvalue weighted by Crippen LogP contribution is -2.20. The highest BCUT2D eigenvalue weighted by Gasteiger charge is 2.12. The molecule has 7 heteroatoms. The van der Waals surface area contributed by atoms with Crippen LogP contribution in [0.1, 0.15) is 13.8 Å². The van der Waals surface area contributed by atoms with E-state index in [1.807, 2.05) is 31.4 Å². The van der Waals surface area contributed by atoms with Gasteiger partial charge in [0.15, 0.2) is 0 Å². The summed E-state index contributed by atoms with van der Waals surface area (Å²) in [5.74, 6) is 0.990. The van der Waals surface area contributed by atoms with Gasteiger partial charge in [-0.1, -0.05) is 17.8 Å². The Labute approximate surface area is 120 Å². The first-order chi connectivity index (χ1) is 9.15. The molecule has 1 unspecified atom stereocenters. The van der Waals surface area contributed by atoms with Crippen LogP contribution in [0.2, 0.25) is 0 Å². The molecule has 0 bridgehead atoms. The second-order valence-electron chi connectivity index (χ2n) is 4.20. The van der Waals surface area contributed by atoms with Crippen molar-refractivity contribution in [3.05, 3.63) is 17.5 Å². The average Bonchev–Trinajstić information content (AvgIpc) is 3.03. The molecule has 104 valence electrons. The molecule has 2 aromatic rings. The average molecular weight is 300 g/mol. The molecule has 5 nitrogen and oxygen atoms in total. The SMILES string of the molecule is CC(C)OCC(O)CSc1nnc(-c2cccs2)o1. The normalized spacial score (nSPS) is 13.1. The lowest BCUT2D eigenvalue weighted by atomic mass is 10.4. The lowest BCUT2D eigenvalue weighted by molar-refractivity contribution is 0.0152. The van der Waals surface area contributed by atoms with Crippen LogP contribution in [0.5, 0.6) is 0 Å². The van der Waals surface area contributed by atoms with Crippen molar-refractivity contribution in [3.63, 3.8) is 0 Å². The molecular weight excluding hydrogens is 284 g/mol. The summed E-state index contributed by atoms with van der Waals surface area (Å²) in [7, 11) is 0. The van der Waals surface area contributed by atoms with E-state index in [1.54, 1.807) is 11.3 Å². The molecule has 0 saturated carbocycles. The van der Waals surface area contributed by atoms with Crippen molar-refractivity contribution < 1.29 is 14.3 Å². The Morgan fingerprint density at radius 1 is 1.47 bits per heavy atom. The van der Waals surface area contributed by atoms with Crippen LogP contribution < -0.4 is 0 Å². The fourth-order valence-corrected chi connectivity index (χ4v) is 2.60. The highest BCUT2D eigenvalue weighted by Crippen LogP contribution is 2.26. The summed E-state index contributed by atoms with van der Waals surface area (Å²) < 4.78 is 10.8. The summed E-state index contributed by atoms with van der Waals surface area (Å²) in [6.07, 6.45) is -0.419. The van der Waals surface area contributed by atoms with E-state index in [9.17, 15) is 5.11 Å². The molecule has 1 N–H and O–H groups in total. The van der Waals surface area contributed by atoms with Crippen molar-refractivity contribution in [2.45, 2.75) is 31.3 Å². The molecule has 2 rings (SSSR count). The summed E-state index contributed by atoms with van der Waals surface area (Å²) in [6.45, 7) is 4.19.